The molecule has 4 atom stereocenters. The zero-order valence-electron chi connectivity index (χ0n) is 19.4. The molecule has 10 nitrogen and oxygen atoms in total. The van der Waals surface area contributed by atoms with E-state index in [4.69, 9.17) is 9.72 Å². The molecule has 1 aromatic carbocycles. The third kappa shape index (κ3) is 5.00. The van der Waals surface area contributed by atoms with Crippen molar-refractivity contribution in [3.8, 4) is 27.7 Å². The van der Waals surface area contributed by atoms with Crippen LogP contribution in [-0.4, -0.2) is 67.2 Å². The Morgan fingerprint density at radius 2 is 1.92 bits per heavy atom. The van der Waals surface area contributed by atoms with Gasteiger partial charge in [0, 0.05) is 47.6 Å². The zero-order chi connectivity index (χ0) is 25.1. The number of methoxy groups -OCH3 is 1. The van der Waals surface area contributed by atoms with Crippen LogP contribution in [0.1, 0.15) is 6.42 Å². The molecule has 0 bridgehead atoms. The molecule has 0 amide bonds. The molecule has 3 heterocycles. The number of rotatable bonds is 8. The van der Waals surface area contributed by atoms with Crippen LogP contribution in [0.2, 0.25) is 0 Å². The normalized spacial score (nSPS) is 21.3. The Balaban J connectivity index is 1.48. The minimum Gasteiger partial charge on any atom is -0.481 e. The van der Waals surface area contributed by atoms with Crippen LogP contribution in [0.25, 0.3) is 21.8 Å². The highest BCUT2D eigenvalue weighted by Gasteiger charge is 2.41. The smallest absolute Gasteiger partial charge is 0.229 e. The number of nitrogens with zero attached hydrogens (tertiary/aromatic N) is 4. The van der Waals surface area contributed by atoms with Gasteiger partial charge in [0.25, 0.3) is 0 Å². The standard InChI is InChI=1S/C25H26N6O4S/c1-35-20-10-16(7-8-26-20)28-25-27-11-17(24-30-19(13-36-24)14-5-3-2-4-6-14)23(31-25)29-18-9-15(12-32)21(33)22(18)34/h2-8,10-11,13,15,18,21-22,32-34H,9,12H2,1H3,(H2,26,27,28,29,31)/t15-,18-,21-,22+/m1/s1. The Bertz CT molecular complexity index is 1320. The minimum atomic E-state index is -1.05. The number of aliphatic hydroxyl groups is 3. The first-order valence-corrected chi connectivity index (χ1v) is 12.3. The Labute approximate surface area is 211 Å². The van der Waals surface area contributed by atoms with Gasteiger partial charge in [-0.25, -0.2) is 15.0 Å². The molecule has 186 valence electrons. The molecule has 0 aliphatic heterocycles. The van der Waals surface area contributed by atoms with Gasteiger partial charge in [-0.05, 0) is 12.5 Å². The highest BCUT2D eigenvalue weighted by Crippen LogP contribution is 2.35. The van der Waals surface area contributed by atoms with E-state index in [0.29, 0.717) is 40.3 Å². The van der Waals surface area contributed by atoms with Crippen molar-refractivity contribution < 1.29 is 20.1 Å². The number of pyridine rings is 1. The van der Waals surface area contributed by atoms with Gasteiger partial charge >= 0.3 is 0 Å². The first-order valence-electron chi connectivity index (χ1n) is 11.4. The molecule has 0 saturated heterocycles. The van der Waals surface area contributed by atoms with E-state index in [-0.39, 0.29) is 6.61 Å². The monoisotopic (exact) mass is 506 g/mol. The number of hydrogen-bond donors (Lipinski definition) is 5. The molecule has 5 N–H and O–H groups in total. The summed E-state index contributed by atoms with van der Waals surface area (Å²) in [4.78, 5) is 18.0. The van der Waals surface area contributed by atoms with Crippen molar-refractivity contribution in [2.45, 2.75) is 24.7 Å². The molecule has 1 fully saturated rings. The van der Waals surface area contributed by atoms with Crippen molar-refractivity contribution in [2.24, 2.45) is 5.92 Å². The average molecular weight is 507 g/mol. The van der Waals surface area contributed by atoms with Crippen molar-refractivity contribution >= 4 is 28.8 Å². The lowest BCUT2D eigenvalue weighted by molar-refractivity contribution is 0.00446. The summed E-state index contributed by atoms with van der Waals surface area (Å²) in [6.45, 7) is -0.212. The number of hydrogen-bond acceptors (Lipinski definition) is 11. The molecular weight excluding hydrogens is 480 g/mol. The largest absolute Gasteiger partial charge is 0.481 e. The number of nitrogens with one attached hydrogen (secondary N) is 2. The highest BCUT2D eigenvalue weighted by molar-refractivity contribution is 7.13. The van der Waals surface area contributed by atoms with Crippen LogP contribution in [0.5, 0.6) is 5.88 Å². The van der Waals surface area contributed by atoms with Crippen LogP contribution in [0.4, 0.5) is 17.5 Å². The molecule has 1 saturated carbocycles. The fraction of sp³-hybridized carbons (Fsp3) is 0.280. The van der Waals surface area contributed by atoms with E-state index in [1.807, 2.05) is 35.7 Å². The van der Waals surface area contributed by atoms with Crippen molar-refractivity contribution in [2.75, 3.05) is 24.4 Å². The second-order valence-corrected chi connectivity index (χ2v) is 9.34. The summed E-state index contributed by atoms with van der Waals surface area (Å²) in [7, 11) is 1.54. The van der Waals surface area contributed by atoms with Gasteiger partial charge in [-0.2, -0.15) is 4.98 Å². The first-order chi connectivity index (χ1) is 17.6. The average Bonchev–Trinajstić information content (AvgIpc) is 3.50. The van der Waals surface area contributed by atoms with Crippen LogP contribution in [-0.2, 0) is 0 Å². The number of anilines is 3. The van der Waals surface area contributed by atoms with Crippen molar-refractivity contribution in [3.63, 3.8) is 0 Å². The number of aliphatic hydroxyl groups excluding tert-OH is 3. The van der Waals surface area contributed by atoms with E-state index in [1.54, 1.807) is 24.5 Å². The topological polar surface area (TPSA) is 146 Å². The molecule has 5 rings (SSSR count). The van der Waals surface area contributed by atoms with Crippen molar-refractivity contribution in [1.82, 2.24) is 19.9 Å². The van der Waals surface area contributed by atoms with Gasteiger partial charge in [0.05, 0.1) is 30.5 Å². The third-order valence-corrected chi connectivity index (χ3v) is 7.03. The van der Waals surface area contributed by atoms with Gasteiger partial charge in [-0.15, -0.1) is 11.3 Å². The van der Waals surface area contributed by atoms with Gasteiger partial charge in [0.2, 0.25) is 11.8 Å². The molecule has 36 heavy (non-hydrogen) atoms. The first kappa shape index (κ1) is 24.1. The number of benzene rings is 1. The summed E-state index contributed by atoms with van der Waals surface area (Å²) in [6, 6.07) is 12.9. The predicted octanol–water partition coefficient (Wildman–Crippen LogP) is 2.93. The van der Waals surface area contributed by atoms with Gasteiger partial charge in [0.15, 0.2) is 0 Å². The summed E-state index contributed by atoms with van der Waals surface area (Å²) < 4.78 is 5.18. The summed E-state index contributed by atoms with van der Waals surface area (Å²) in [6.07, 6.45) is 1.59. The molecular formula is C25H26N6O4S. The van der Waals surface area contributed by atoms with E-state index >= 15 is 0 Å². The van der Waals surface area contributed by atoms with Gasteiger partial charge in [-0.1, -0.05) is 30.3 Å². The maximum Gasteiger partial charge on any atom is 0.229 e. The summed E-state index contributed by atoms with van der Waals surface area (Å²) in [5, 5.41) is 39.5. The Kier molecular flexibility index (Phi) is 7.05. The number of ether oxygens (including phenoxy) is 1. The summed E-state index contributed by atoms with van der Waals surface area (Å²) >= 11 is 1.46. The lowest BCUT2D eigenvalue weighted by Gasteiger charge is -2.20. The molecule has 1 aliphatic carbocycles. The summed E-state index contributed by atoms with van der Waals surface area (Å²) in [5.41, 5.74) is 3.19. The van der Waals surface area contributed by atoms with E-state index in [1.165, 1.54) is 18.4 Å². The molecule has 0 radical (unpaired) electrons. The summed E-state index contributed by atoms with van der Waals surface area (Å²) in [5.74, 6) is 0.803. The van der Waals surface area contributed by atoms with E-state index < -0.39 is 24.2 Å². The highest BCUT2D eigenvalue weighted by atomic mass is 32.1. The van der Waals surface area contributed by atoms with Crippen LogP contribution in [0.3, 0.4) is 0 Å². The van der Waals surface area contributed by atoms with Gasteiger partial charge in [0.1, 0.15) is 16.9 Å². The van der Waals surface area contributed by atoms with Crippen LogP contribution in [0.15, 0.2) is 60.2 Å². The fourth-order valence-corrected chi connectivity index (χ4v) is 5.04. The molecule has 3 aromatic heterocycles. The fourth-order valence-electron chi connectivity index (χ4n) is 4.20. The quantitative estimate of drug-likeness (QED) is 0.242. The number of aromatic nitrogens is 4. The second-order valence-electron chi connectivity index (χ2n) is 8.48. The third-order valence-electron chi connectivity index (χ3n) is 6.15. The lowest BCUT2D eigenvalue weighted by atomic mass is 10.1. The van der Waals surface area contributed by atoms with Gasteiger partial charge in [-0.3, -0.25) is 0 Å². The van der Waals surface area contributed by atoms with Gasteiger partial charge < -0.3 is 30.7 Å². The van der Waals surface area contributed by atoms with E-state index in [9.17, 15) is 15.3 Å². The Hall–Kier alpha value is -3.64. The lowest BCUT2D eigenvalue weighted by Crippen LogP contribution is -2.35. The van der Waals surface area contributed by atoms with Crippen molar-refractivity contribution in [3.05, 3.63) is 60.2 Å². The maximum absolute atomic E-state index is 10.6. The molecule has 11 heteroatoms. The molecule has 4 aromatic rings. The van der Waals surface area contributed by atoms with Crippen LogP contribution >= 0.6 is 11.3 Å². The maximum atomic E-state index is 10.6. The van der Waals surface area contributed by atoms with E-state index in [2.05, 4.69) is 25.6 Å². The van der Waals surface area contributed by atoms with Crippen LogP contribution in [0, 0.1) is 5.92 Å². The molecule has 0 spiro atoms. The van der Waals surface area contributed by atoms with E-state index in [0.717, 1.165) is 11.3 Å². The molecule has 0 unspecified atom stereocenters. The predicted molar refractivity (Wildman–Crippen MR) is 137 cm³/mol. The zero-order valence-corrected chi connectivity index (χ0v) is 20.3. The number of thiazole rings is 1. The minimum absolute atomic E-state index is 0.212. The second kappa shape index (κ2) is 10.5. The Morgan fingerprint density at radius 1 is 1.08 bits per heavy atom. The van der Waals surface area contributed by atoms with Crippen LogP contribution < -0.4 is 15.4 Å². The SMILES string of the molecule is COc1cc(Nc2ncc(-c3nc(-c4ccccc4)cs3)c(N[C@@H]3C[C@H](CO)[C@@H](O)[C@H]3O)n2)ccn1. The van der Waals surface area contributed by atoms with Crippen molar-refractivity contribution in [1.29, 1.82) is 0 Å². The molecule has 1 aliphatic rings. The Morgan fingerprint density at radius 3 is 2.67 bits per heavy atom.